The first-order valence-electron chi connectivity index (χ1n) is 2.60. The zero-order chi connectivity index (χ0) is 6.41. The Balaban J connectivity index is 3.30. The fourth-order valence-electron chi connectivity index (χ4n) is 0.296. The topological polar surface area (TPSA) is 38.4 Å². The molecule has 0 aliphatic rings. The van der Waals surface area contributed by atoms with Crippen LogP contribution >= 0.6 is 0 Å². The van der Waals surface area contributed by atoms with Gasteiger partial charge in [-0.15, -0.1) is 0 Å². The molecule has 0 saturated heterocycles. The maximum Gasteiger partial charge on any atom is 0.289 e. The Morgan fingerprint density at radius 1 is 1.62 bits per heavy atom. The molecule has 44 valence electrons. The van der Waals surface area contributed by atoms with Crippen molar-refractivity contribution in [2.75, 3.05) is 0 Å². The van der Waals surface area contributed by atoms with Gasteiger partial charge in [0.25, 0.3) is 7.41 Å². The molecule has 2 N–H and O–H groups in total. The van der Waals surface area contributed by atoms with E-state index in [-0.39, 0.29) is 0 Å². The zero-order valence-electron chi connectivity index (χ0n) is 5.39. The van der Waals surface area contributed by atoms with Crippen LogP contribution in [0, 0.1) is 0 Å². The minimum absolute atomic E-state index is 0.707. The number of hydrogen-bond acceptors (Lipinski definition) is 1. The number of rotatable bonds is 2. The minimum atomic E-state index is 0.707. The third kappa shape index (κ3) is 5.27. The number of allylic oxidation sites excluding steroid dienone is 1. The van der Waals surface area contributed by atoms with E-state index < -0.39 is 0 Å². The van der Waals surface area contributed by atoms with Crippen LogP contribution in [0.25, 0.3) is 0 Å². The average Bonchev–Trinajstić information content (AvgIpc) is 1.66. The molecule has 0 saturated carbocycles. The quantitative estimate of drug-likeness (QED) is 0.308. The third-order valence-electron chi connectivity index (χ3n) is 0.710. The molecule has 0 unspecified atom stereocenters. The van der Waals surface area contributed by atoms with Crippen LogP contribution in [0.4, 0.5) is 0 Å². The molecule has 0 radical (unpaired) electrons. The van der Waals surface area contributed by atoms with Gasteiger partial charge >= 0.3 is 0 Å². The van der Waals surface area contributed by atoms with Gasteiger partial charge in [0.2, 0.25) is 0 Å². The van der Waals surface area contributed by atoms with Crippen LogP contribution in [0.1, 0.15) is 13.8 Å². The van der Waals surface area contributed by atoms with Crippen LogP contribution in [-0.2, 0) is 0 Å². The third-order valence-corrected chi connectivity index (χ3v) is 0.710. The van der Waals surface area contributed by atoms with Gasteiger partial charge in [0.15, 0.2) is 0 Å². The summed E-state index contributed by atoms with van der Waals surface area (Å²) in [4.78, 5) is 3.79. The summed E-state index contributed by atoms with van der Waals surface area (Å²) in [6, 6.07) is 0. The van der Waals surface area contributed by atoms with Crippen molar-refractivity contribution in [1.82, 2.24) is 0 Å². The Kier molecular flexibility index (Phi) is 4.03. The van der Waals surface area contributed by atoms with Gasteiger partial charge in [-0.2, -0.15) is 0 Å². The molecule has 0 spiro atoms. The summed E-state index contributed by atoms with van der Waals surface area (Å²) in [6.45, 7) is 4.07. The van der Waals surface area contributed by atoms with Crippen LogP contribution in [0.15, 0.2) is 16.5 Å². The summed E-state index contributed by atoms with van der Waals surface area (Å²) in [5.41, 5.74) is 6.27. The monoisotopic (exact) mass is 110 g/mol. The number of hydrogen-bond donors (Lipinski definition) is 1. The normalized spacial score (nSPS) is 9.25. The van der Waals surface area contributed by atoms with Crippen molar-refractivity contribution >= 4 is 13.8 Å². The summed E-state index contributed by atoms with van der Waals surface area (Å²) in [6.07, 6.45) is 1.32. The van der Waals surface area contributed by atoms with E-state index in [1.54, 1.807) is 0 Å². The lowest BCUT2D eigenvalue weighted by Gasteiger charge is -1.81. The van der Waals surface area contributed by atoms with E-state index in [9.17, 15) is 0 Å². The molecular weight excluding hydrogens is 98.9 g/mol. The molecule has 0 atom stereocenters. The predicted octanol–water partition coefficient (Wildman–Crippen LogP) is 0.249. The summed E-state index contributed by atoms with van der Waals surface area (Å²) >= 11 is 0. The van der Waals surface area contributed by atoms with Crippen molar-refractivity contribution in [3.8, 4) is 0 Å². The first-order chi connectivity index (χ1) is 3.77. The van der Waals surface area contributed by atoms with E-state index in [1.807, 2.05) is 19.8 Å². The molecule has 2 nitrogen and oxygen atoms in total. The highest BCUT2D eigenvalue weighted by molar-refractivity contribution is 6.41. The molecule has 0 rings (SSSR count). The Morgan fingerprint density at radius 3 is 2.62 bits per heavy atom. The SMILES string of the molecule is CC(C)=CB/N=C\N. The van der Waals surface area contributed by atoms with E-state index in [4.69, 9.17) is 5.73 Å². The van der Waals surface area contributed by atoms with Gasteiger partial charge in [-0.25, -0.2) is 0 Å². The van der Waals surface area contributed by atoms with Crippen LogP contribution in [0.2, 0.25) is 0 Å². The van der Waals surface area contributed by atoms with Crippen molar-refractivity contribution in [2.24, 2.45) is 10.6 Å². The van der Waals surface area contributed by atoms with Gasteiger partial charge < -0.3 is 10.6 Å². The first-order valence-corrected chi connectivity index (χ1v) is 2.60. The van der Waals surface area contributed by atoms with E-state index >= 15 is 0 Å². The van der Waals surface area contributed by atoms with Gasteiger partial charge in [0.05, 0.1) is 6.34 Å². The van der Waals surface area contributed by atoms with Gasteiger partial charge in [0, 0.05) is 0 Å². The van der Waals surface area contributed by atoms with Crippen LogP contribution in [0.3, 0.4) is 0 Å². The average molecular weight is 110 g/mol. The molecule has 0 aromatic carbocycles. The maximum atomic E-state index is 4.99. The van der Waals surface area contributed by atoms with Crippen molar-refractivity contribution in [3.05, 3.63) is 11.5 Å². The minimum Gasteiger partial charge on any atom is -0.391 e. The number of nitrogens with zero attached hydrogens (tertiary/aromatic N) is 1. The molecule has 0 aliphatic carbocycles. The van der Waals surface area contributed by atoms with Gasteiger partial charge in [-0.05, 0) is 13.8 Å². The van der Waals surface area contributed by atoms with Crippen molar-refractivity contribution < 1.29 is 0 Å². The van der Waals surface area contributed by atoms with E-state index in [0.717, 1.165) is 0 Å². The fourth-order valence-corrected chi connectivity index (χ4v) is 0.296. The van der Waals surface area contributed by atoms with Crippen LogP contribution in [-0.4, -0.2) is 13.8 Å². The molecule has 0 amide bonds. The molecule has 0 fully saturated rings. The molecule has 8 heavy (non-hydrogen) atoms. The van der Waals surface area contributed by atoms with E-state index in [2.05, 4.69) is 4.90 Å². The lowest BCUT2D eigenvalue weighted by molar-refractivity contribution is 1.41. The largest absolute Gasteiger partial charge is 0.391 e. The summed E-state index contributed by atoms with van der Waals surface area (Å²) < 4.78 is 0. The first kappa shape index (κ1) is 7.27. The Bertz CT molecular complexity index is 103. The second-order valence-electron chi connectivity index (χ2n) is 1.80. The smallest absolute Gasteiger partial charge is 0.289 e. The summed E-state index contributed by atoms with van der Waals surface area (Å²) in [5, 5.41) is 0. The van der Waals surface area contributed by atoms with Gasteiger partial charge in [0.1, 0.15) is 0 Å². The second-order valence-corrected chi connectivity index (χ2v) is 1.80. The summed E-state index contributed by atoms with van der Waals surface area (Å²) in [7, 11) is 0.707. The molecule has 0 heterocycles. The van der Waals surface area contributed by atoms with Crippen LogP contribution in [0.5, 0.6) is 0 Å². The Labute approximate surface area is 50.8 Å². The maximum absolute atomic E-state index is 4.99. The Morgan fingerprint density at radius 2 is 2.25 bits per heavy atom. The van der Waals surface area contributed by atoms with Gasteiger partial charge in [-0.1, -0.05) is 11.5 Å². The fraction of sp³-hybridized carbons (Fsp3) is 0.400. The van der Waals surface area contributed by atoms with Crippen LogP contribution < -0.4 is 5.73 Å². The highest BCUT2D eigenvalue weighted by atomic mass is 14.7. The zero-order valence-corrected chi connectivity index (χ0v) is 5.39. The van der Waals surface area contributed by atoms with E-state index in [1.165, 1.54) is 11.9 Å². The van der Waals surface area contributed by atoms with E-state index in [0.29, 0.717) is 7.41 Å². The van der Waals surface area contributed by atoms with Gasteiger partial charge in [-0.3, -0.25) is 0 Å². The van der Waals surface area contributed by atoms with Crippen molar-refractivity contribution in [1.29, 1.82) is 0 Å². The summed E-state index contributed by atoms with van der Waals surface area (Å²) in [5.74, 6) is 2.02. The lowest BCUT2D eigenvalue weighted by atomic mass is 9.93. The Hall–Kier alpha value is -0.725. The van der Waals surface area contributed by atoms with Crippen molar-refractivity contribution in [2.45, 2.75) is 13.8 Å². The molecular formula is C5H11BN2. The number of nitrogens with two attached hydrogens (primary N) is 1. The molecule has 0 bridgehead atoms. The molecule has 3 heteroatoms. The molecule has 0 aromatic rings. The molecule has 0 aliphatic heterocycles. The lowest BCUT2D eigenvalue weighted by Crippen LogP contribution is -1.91. The second kappa shape index (κ2) is 4.43. The standard InChI is InChI=1S/C5H11BN2/c1-5(2)3-6-8-4-7/h3-4,6H,1-2H3,(H2,7,8). The predicted molar refractivity (Wildman–Crippen MR) is 39.3 cm³/mol. The highest BCUT2D eigenvalue weighted by Gasteiger charge is 1.75. The highest BCUT2D eigenvalue weighted by Crippen LogP contribution is 1.84. The van der Waals surface area contributed by atoms with Crippen molar-refractivity contribution in [3.63, 3.8) is 0 Å². The molecule has 0 aromatic heterocycles.